The number of alkyl halides is 1. The lowest BCUT2D eigenvalue weighted by Gasteiger charge is -2.19. The van der Waals surface area contributed by atoms with Crippen LogP contribution >= 0.6 is 19.2 Å². The third kappa shape index (κ3) is 4.06. The molecule has 0 aliphatic heterocycles. The molecular formula is C13H18ClO5P. The number of carbonyl (C=O) groups is 1. The second-order valence-electron chi connectivity index (χ2n) is 3.88. The van der Waals surface area contributed by atoms with Gasteiger partial charge in [0.15, 0.2) is 5.78 Å². The molecule has 0 spiro atoms. The SMILES string of the molecule is CCOP(=O)(OCC)C(=CC(C)=O)c1occc1CCl. The van der Waals surface area contributed by atoms with Crippen molar-refractivity contribution in [1.29, 1.82) is 0 Å². The van der Waals surface area contributed by atoms with Gasteiger partial charge in [0.05, 0.1) is 25.4 Å². The Morgan fingerprint density at radius 2 is 2.00 bits per heavy atom. The Labute approximate surface area is 123 Å². The van der Waals surface area contributed by atoms with E-state index < -0.39 is 7.60 Å². The van der Waals surface area contributed by atoms with Crippen molar-refractivity contribution < 1.29 is 22.8 Å². The van der Waals surface area contributed by atoms with Gasteiger partial charge in [0.25, 0.3) is 0 Å². The molecule has 112 valence electrons. The Morgan fingerprint density at radius 3 is 2.45 bits per heavy atom. The summed E-state index contributed by atoms with van der Waals surface area (Å²) in [6.07, 6.45) is 2.63. The summed E-state index contributed by atoms with van der Waals surface area (Å²) < 4.78 is 28.7. The zero-order valence-electron chi connectivity index (χ0n) is 11.7. The molecular weight excluding hydrogens is 303 g/mol. The Hall–Kier alpha value is -0.870. The van der Waals surface area contributed by atoms with Gasteiger partial charge in [-0.15, -0.1) is 11.6 Å². The van der Waals surface area contributed by atoms with E-state index in [9.17, 15) is 9.36 Å². The Balaban J connectivity index is 3.39. The first-order valence-corrected chi connectivity index (χ1v) is 8.30. The van der Waals surface area contributed by atoms with Gasteiger partial charge in [0, 0.05) is 5.56 Å². The summed E-state index contributed by atoms with van der Waals surface area (Å²) in [5.74, 6) is 0.149. The van der Waals surface area contributed by atoms with Crippen molar-refractivity contribution in [2.24, 2.45) is 0 Å². The third-order valence-electron chi connectivity index (χ3n) is 2.36. The predicted octanol–water partition coefficient (Wildman–Crippen LogP) is 4.21. The summed E-state index contributed by atoms with van der Waals surface area (Å²) in [6.45, 7) is 5.11. The van der Waals surface area contributed by atoms with Crippen molar-refractivity contribution in [3.05, 3.63) is 29.7 Å². The van der Waals surface area contributed by atoms with Crippen LogP contribution in [-0.4, -0.2) is 19.0 Å². The number of rotatable bonds is 8. The number of carbonyl (C=O) groups excluding carboxylic acids is 1. The van der Waals surface area contributed by atoms with Gasteiger partial charge in [0.1, 0.15) is 11.1 Å². The Morgan fingerprint density at radius 1 is 1.40 bits per heavy atom. The van der Waals surface area contributed by atoms with Crippen LogP contribution in [0.4, 0.5) is 0 Å². The molecule has 0 aromatic carbocycles. The van der Waals surface area contributed by atoms with E-state index in [1.165, 1.54) is 19.3 Å². The standard InChI is InChI=1S/C13H18ClO5P/c1-4-18-20(16,19-5-2)12(8-10(3)15)13-11(9-14)6-7-17-13/h6-8H,4-5,9H2,1-3H3. The summed E-state index contributed by atoms with van der Waals surface area (Å²) >= 11 is 5.81. The minimum Gasteiger partial charge on any atom is -0.464 e. The lowest BCUT2D eigenvalue weighted by atomic mass is 10.2. The highest BCUT2D eigenvalue weighted by Crippen LogP contribution is 2.61. The van der Waals surface area contributed by atoms with E-state index in [1.807, 2.05) is 0 Å². The molecule has 0 saturated carbocycles. The van der Waals surface area contributed by atoms with E-state index in [0.717, 1.165) is 0 Å². The van der Waals surface area contributed by atoms with Gasteiger partial charge >= 0.3 is 7.60 Å². The van der Waals surface area contributed by atoms with E-state index in [4.69, 9.17) is 25.1 Å². The van der Waals surface area contributed by atoms with Gasteiger partial charge < -0.3 is 13.5 Å². The fraction of sp³-hybridized carbons (Fsp3) is 0.462. The number of hydrogen-bond acceptors (Lipinski definition) is 5. The van der Waals surface area contributed by atoms with Crippen LogP contribution in [0.5, 0.6) is 0 Å². The van der Waals surface area contributed by atoms with Crippen molar-refractivity contribution >= 4 is 30.3 Å². The number of ketones is 1. The van der Waals surface area contributed by atoms with Crippen LogP contribution < -0.4 is 0 Å². The second kappa shape index (κ2) is 7.79. The first-order chi connectivity index (χ1) is 9.48. The molecule has 0 fully saturated rings. The fourth-order valence-electron chi connectivity index (χ4n) is 1.64. The molecule has 1 aromatic heterocycles. The van der Waals surface area contributed by atoms with Crippen LogP contribution in [-0.2, 0) is 24.3 Å². The maximum atomic E-state index is 12.8. The maximum absolute atomic E-state index is 12.8. The van der Waals surface area contributed by atoms with Crippen LogP contribution in [0.1, 0.15) is 32.1 Å². The van der Waals surface area contributed by atoms with Crippen molar-refractivity contribution in [1.82, 2.24) is 0 Å². The molecule has 0 amide bonds. The van der Waals surface area contributed by atoms with Crippen LogP contribution in [0.2, 0.25) is 0 Å². The molecule has 0 aliphatic rings. The number of furan rings is 1. The minimum absolute atomic E-state index is 0.106. The molecule has 0 aliphatic carbocycles. The quantitative estimate of drug-likeness (QED) is 0.408. The van der Waals surface area contributed by atoms with Crippen molar-refractivity contribution in [2.75, 3.05) is 13.2 Å². The molecule has 0 atom stereocenters. The molecule has 0 N–H and O–H groups in total. The zero-order valence-corrected chi connectivity index (χ0v) is 13.4. The van der Waals surface area contributed by atoms with Gasteiger partial charge in [0.2, 0.25) is 0 Å². The topological polar surface area (TPSA) is 65.7 Å². The smallest absolute Gasteiger partial charge is 0.365 e. The van der Waals surface area contributed by atoms with Crippen molar-refractivity contribution in [3.8, 4) is 0 Å². The zero-order chi connectivity index (χ0) is 15.2. The monoisotopic (exact) mass is 320 g/mol. The average Bonchev–Trinajstić information content (AvgIpc) is 2.84. The first-order valence-electron chi connectivity index (χ1n) is 6.23. The molecule has 20 heavy (non-hydrogen) atoms. The van der Waals surface area contributed by atoms with Crippen LogP contribution in [0.25, 0.3) is 5.31 Å². The third-order valence-corrected chi connectivity index (χ3v) is 4.76. The normalized spacial score (nSPS) is 12.7. The average molecular weight is 321 g/mol. The highest BCUT2D eigenvalue weighted by Gasteiger charge is 2.34. The molecule has 1 rings (SSSR count). The lowest BCUT2D eigenvalue weighted by molar-refractivity contribution is -0.112. The summed E-state index contributed by atoms with van der Waals surface area (Å²) in [5.41, 5.74) is 0.624. The number of allylic oxidation sites excluding steroid dienone is 1. The largest absolute Gasteiger partial charge is 0.464 e. The van der Waals surface area contributed by atoms with Gasteiger partial charge in [-0.2, -0.15) is 0 Å². The number of halogens is 1. The van der Waals surface area contributed by atoms with E-state index in [0.29, 0.717) is 5.56 Å². The van der Waals surface area contributed by atoms with E-state index >= 15 is 0 Å². The summed E-state index contributed by atoms with van der Waals surface area (Å²) in [5, 5.41) is 0.106. The maximum Gasteiger partial charge on any atom is 0.365 e. The van der Waals surface area contributed by atoms with Crippen molar-refractivity contribution in [2.45, 2.75) is 26.7 Å². The molecule has 7 heteroatoms. The van der Waals surface area contributed by atoms with E-state index in [1.54, 1.807) is 19.9 Å². The van der Waals surface area contributed by atoms with Gasteiger partial charge in [-0.3, -0.25) is 9.36 Å². The Kier molecular flexibility index (Phi) is 6.69. The minimum atomic E-state index is -3.62. The molecule has 0 bridgehead atoms. The highest BCUT2D eigenvalue weighted by atomic mass is 35.5. The highest BCUT2D eigenvalue weighted by molar-refractivity contribution is 7.65. The molecule has 0 saturated heterocycles. The fourth-order valence-corrected chi connectivity index (χ4v) is 3.67. The number of hydrogen-bond donors (Lipinski definition) is 0. The lowest BCUT2D eigenvalue weighted by Crippen LogP contribution is -2.01. The van der Waals surface area contributed by atoms with Crippen LogP contribution in [0, 0.1) is 0 Å². The van der Waals surface area contributed by atoms with Crippen molar-refractivity contribution in [3.63, 3.8) is 0 Å². The van der Waals surface area contributed by atoms with Gasteiger partial charge in [-0.05, 0) is 32.9 Å². The van der Waals surface area contributed by atoms with Gasteiger partial charge in [-0.25, -0.2) is 0 Å². The van der Waals surface area contributed by atoms with E-state index in [2.05, 4.69) is 0 Å². The van der Waals surface area contributed by atoms with Crippen LogP contribution in [0.3, 0.4) is 0 Å². The summed E-state index contributed by atoms with van der Waals surface area (Å²) in [7, 11) is -3.62. The van der Waals surface area contributed by atoms with E-state index in [-0.39, 0.29) is 36.0 Å². The molecule has 5 nitrogen and oxygen atoms in total. The Bertz CT molecular complexity index is 525. The second-order valence-corrected chi connectivity index (χ2v) is 6.14. The predicted molar refractivity (Wildman–Crippen MR) is 77.8 cm³/mol. The molecule has 1 aromatic rings. The molecule has 0 unspecified atom stereocenters. The first kappa shape index (κ1) is 17.2. The molecule has 1 heterocycles. The molecule has 0 radical (unpaired) electrons. The van der Waals surface area contributed by atoms with Gasteiger partial charge in [-0.1, -0.05) is 0 Å². The van der Waals surface area contributed by atoms with Crippen LogP contribution in [0.15, 0.2) is 22.8 Å². The summed E-state index contributed by atoms with van der Waals surface area (Å²) in [4.78, 5) is 11.4. The summed E-state index contributed by atoms with van der Waals surface area (Å²) in [6, 6.07) is 1.65.